The molecule has 1 heterocycles. The first-order chi connectivity index (χ1) is 11.4. The van der Waals surface area contributed by atoms with Gasteiger partial charge in [0.1, 0.15) is 22.8 Å². The van der Waals surface area contributed by atoms with Crippen LogP contribution in [0.1, 0.15) is 39.4 Å². The molecule has 2 N–H and O–H groups in total. The van der Waals surface area contributed by atoms with Gasteiger partial charge in [-0.15, -0.1) is 0 Å². The molecule has 8 nitrogen and oxygen atoms in total. The van der Waals surface area contributed by atoms with E-state index >= 15 is 0 Å². The number of carbonyl (C=O) groups excluding carboxylic acids is 1. The van der Waals surface area contributed by atoms with E-state index in [1.165, 1.54) is 18.8 Å². The molecule has 24 heavy (non-hydrogen) atoms. The summed E-state index contributed by atoms with van der Waals surface area (Å²) in [4.78, 5) is 23.7. The van der Waals surface area contributed by atoms with Gasteiger partial charge in [-0.2, -0.15) is 5.10 Å². The van der Waals surface area contributed by atoms with Crippen LogP contribution in [0.2, 0.25) is 0 Å². The van der Waals surface area contributed by atoms with Crippen LogP contribution in [0, 0.1) is 0 Å². The third-order valence-corrected chi connectivity index (χ3v) is 3.64. The van der Waals surface area contributed by atoms with Crippen LogP contribution in [0.25, 0.3) is 0 Å². The lowest BCUT2D eigenvalue weighted by atomic mass is 10.1. The van der Waals surface area contributed by atoms with Crippen molar-refractivity contribution in [3.8, 4) is 11.5 Å². The number of nitrogens with zero attached hydrogens (tertiary/aromatic N) is 2. The van der Waals surface area contributed by atoms with Crippen LogP contribution in [-0.4, -0.2) is 41.0 Å². The van der Waals surface area contributed by atoms with Crippen LogP contribution in [0.4, 0.5) is 0 Å². The first-order valence-electron chi connectivity index (χ1n) is 7.17. The molecule has 0 saturated heterocycles. The number of carbonyl (C=O) groups is 2. The Kier molecular flexibility index (Phi) is 5.08. The average Bonchev–Trinajstić information content (AvgIpc) is 2.96. The van der Waals surface area contributed by atoms with Gasteiger partial charge in [0.15, 0.2) is 0 Å². The Morgan fingerprint density at radius 3 is 2.58 bits per heavy atom. The van der Waals surface area contributed by atoms with E-state index in [-0.39, 0.29) is 11.3 Å². The van der Waals surface area contributed by atoms with E-state index in [9.17, 15) is 9.59 Å². The van der Waals surface area contributed by atoms with E-state index in [0.717, 1.165) is 6.20 Å². The summed E-state index contributed by atoms with van der Waals surface area (Å²) in [5.41, 5.74) is 0.542. The number of nitrogens with one attached hydrogen (secondary N) is 1. The number of aromatic nitrogens is 2. The number of aromatic carboxylic acids is 1. The Bertz CT molecular complexity index is 769. The highest BCUT2D eigenvalue weighted by molar-refractivity contribution is 6.03. The molecule has 2 rings (SSSR count). The molecule has 0 aliphatic heterocycles. The van der Waals surface area contributed by atoms with Gasteiger partial charge in [0, 0.05) is 12.6 Å². The van der Waals surface area contributed by atoms with Crippen molar-refractivity contribution in [2.75, 3.05) is 14.2 Å². The summed E-state index contributed by atoms with van der Waals surface area (Å²) < 4.78 is 11.7. The predicted octanol–water partition coefficient (Wildman–Crippen LogP) is 1.63. The van der Waals surface area contributed by atoms with E-state index < -0.39 is 17.9 Å². The molecule has 0 spiro atoms. The number of benzene rings is 1. The minimum atomic E-state index is -1.21. The van der Waals surface area contributed by atoms with Gasteiger partial charge in [0.2, 0.25) is 0 Å². The standard InChI is InChI=1S/C16H19N3O5/c1-9(11-7-10(23-3)5-6-13(11)24-4)18-15(20)14-12(16(21)22)8-17-19(14)2/h5-9H,1-4H3,(H,18,20)(H,21,22). The first-order valence-corrected chi connectivity index (χ1v) is 7.17. The Balaban J connectivity index is 2.30. The Morgan fingerprint density at radius 2 is 2.00 bits per heavy atom. The van der Waals surface area contributed by atoms with Gasteiger partial charge in [0.05, 0.1) is 26.5 Å². The monoisotopic (exact) mass is 333 g/mol. The zero-order chi connectivity index (χ0) is 17.9. The van der Waals surface area contributed by atoms with Gasteiger partial charge in [0.25, 0.3) is 5.91 Å². The molecule has 1 amide bonds. The molecule has 1 aromatic heterocycles. The Labute approximate surface area is 139 Å². The maximum absolute atomic E-state index is 12.5. The van der Waals surface area contributed by atoms with Gasteiger partial charge in [-0.25, -0.2) is 4.79 Å². The lowest BCUT2D eigenvalue weighted by molar-refractivity contribution is 0.0690. The third-order valence-electron chi connectivity index (χ3n) is 3.64. The zero-order valence-corrected chi connectivity index (χ0v) is 13.9. The minimum Gasteiger partial charge on any atom is -0.497 e. The van der Waals surface area contributed by atoms with Crippen molar-refractivity contribution >= 4 is 11.9 Å². The second-order valence-electron chi connectivity index (χ2n) is 5.14. The molecule has 0 aliphatic rings. The molecule has 0 bridgehead atoms. The van der Waals surface area contributed by atoms with Crippen molar-refractivity contribution in [1.29, 1.82) is 0 Å². The fraction of sp³-hybridized carbons (Fsp3) is 0.312. The molecule has 0 aliphatic carbocycles. The number of hydrogen-bond acceptors (Lipinski definition) is 5. The minimum absolute atomic E-state index is 0.0174. The summed E-state index contributed by atoms with van der Waals surface area (Å²) in [7, 11) is 4.59. The number of ether oxygens (including phenoxy) is 2. The lowest BCUT2D eigenvalue weighted by Gasteiger charge is -2.18. The summed E-state index contributed by atoms with van der Waals surface area (Å²) in [5.74, 6) is -0.532. The van der Waals surface area contributed by atoms with Crippen molar-refractivity contribution in [1.82, 2.24) is 15.1 Å². The van der Waals surface area contributed by atoms with Crippen LogP contribution >= 0.6 is 0 Å². The maximum atomic E-state index is 12.5. The fourth-order valence-electron chi connectivity index (χ4n) is 2.38. The van der Waals surface area contributed by atoms with E-state index in [2.05, 4.69) is 10.4 Å². The normalized spacial score (nSPS) is 11.7. The van der Waals surface area contributed by atoms with Gasteiger partial charge >= 0.3 is 5.97 Å². The smallest absolute Gasteiger partial charge is 0.339 e. The van der Waals surface area contributed by atoms with E-state index in [1.54, 1.807) is 32.2 Å². The predicted molar refractivity (Wildman–Crippen MR) is 85.6 cm³/mol. The van der Waals surface area contributed by atoms with Crippen molar-refractivity contribution in [2.45, 2.75) is 13.0 Å². The lowest BCUT2D eigenvalue weighted by Crippen LogP contribution is -2.30. The number of aryl methyl sites for hydroxylation is 1. The Hall–Kier alpha value is -3.03. The highest BCUT2D eigenvalue weighted by Gasteiger charge is 2.24. The maximum Gasteiger partial charge on any atom is 0.339 e. The number of amides is 1. The number of hydrogen-bond donors (Lipinski definition) is 2. The van der Waals surface area contributed by atoms with E-state index in [0.29, 0.717) is 17.1 Å². The molecule has 1 unspecified atom stereocenters. The SMILES string of the molecule is COc1ccc(OC)c(C(C)NC(=O)c2c(C(=O)O)cnn2C)c1. The summed E-state index contributed by atoms with van der Waals surface area (Å²) >= 11 is 0. The van der Waals surface area contributed by atoms with Crippen LogP contribution in [0.5, 0.6) is 11.5 Å². The molecule has 0 radical (unpaired) electrons. The molecule has 1 aromatic carbocycles. The number of methoxy groups -OCH3 is 2. The van der Waals surface area contributed by atoms with Crippen molar-refractivity contribution in [2.24, 2.45) is 7.05 Å². The van der Waals surface area contributed by atoms with Gasteiger partial charge in [-0.05, 0) is 25.1 Å². The fourth-order valence-corrected chi connectivity index (χ4v) is 2.38. The molecule has 8 heteroatoms. The second-order valence-corrected chi connectivity index (χ2v) is 5.14. The largest absolute Gasteiger partial charge is 0.497 e. The first kappa shape index (κ1) is 17.3. The summed E-state index contributed by atoms with van der Waals surface area (Å²) in [5, 5.41) is 15.8. The molecular weight excluding hydrogens is 314 g/mol. The van der Waals surface area contributed by atoms with Crippen LogP contribution < -0.4 is 14.8 Å². The van der Waals surface area contributed by atoms with E-state index in [1.807, 2.05) is 0 Å². The van der Waals surface area contributed by atoms with Gasteiger partial charge in [-0.3, -0.25) is 9.48 Å². The quantitative estimate of drug-likeness (QED) is 0.833. The van der Waals surface area contributed by atoms with Crippen LogP contribution in [0.15, 0.2) is 24.4 Å². The molecule has 128 valence electrons. The van der Waals surface area contributed by atoms with Crippen molar-refractivity contribution < 1.29 is 24.2 Å². The van der Waals surface area contributed by atoms with Crippen molar-refractivity contribution in [3.63, 3.8) is 0 Å². The number of carboxylic acid groups (broad SMARTS) is 1. The van der Waals surface area contributed by atoms with E-state index in [4.69, 9.17) is 14.6 Å². The van der Waals surface area contributed by atoms with Gasteiger partial charge in [-0.1, -0.05) is 0 Å². The van der Waals surface area contributed by atoms with Crippen LogP contribution in [-0.2, 0) is 7.05 Å². The summed E-state index contributed by atoms with van der Waals surface area (Å²) in [6.45, 7) is 1.77. The second kappa shape index (κ2) is 7.03. The molecular formula is C16H19N3O5. The number of carboxylic acids is 1. The topological polar surface area (TPSA) is 103 Å². The number of rotatable bonds is 6. The van der Waals surface area contributed by atoms with Crippen LogP contribution in [0.3, 0.4) is 0 Å². The zero-order valence-electron chi connectivity index (χ0n) is 13.9. The molecule has 0 saturated carbocycles. The molecule has 0 fully saturated rings. The Morgan fingerprint density at radius 1 is 1.29 bits per heavy atom. The highest BCUT2D eigenvalue weighted by Crippen LogP contribution is 2.29. The van der Waals surface area contributed by atoms with Gasteiger partial charge < -0.3 is 19.9 Å². The summed E-state index contributed by atoms with van der Waals surface area (Å²) in [6, 6.07) is 4.81. The molecule has 1 atom stereocenters. The molecule has 2 aromatic rings. The summed E-state index contributed by atoms with van der Waals surface area (Å²) in [6.07, 6.45) is 1.15. The highest BCUT2D eigenvalue weighted by atomic mass is 16.5. The van der Waals surface area contributed by atoms with Crippen molar-refractivity contribution in [3.05, 3.63) is 41.2 Å². The average molecular weight is 333 g/mol. The third kappa shape index (κ3) is 3.32.